The Balaban J connectivity index is 1.76. The Kier molecular flexibility index (Phi) is 5.32. The fraction of sp³-hybridized carbons (Fsp3) is 0. The zero-order chi connectivity index (χ0) is 15.9. The molecule has 0 radical (unpaired) electrons. The molecule has 0 N–H and O–H groups in total. The van der Waals surface area contributed by atoms with E-state index in [0.717, 1.165) is 26.1 Å². The fourth-order valence-electron chi connectivity index (χ4n) is 2.05. The van der Waals surface area contributed by atoms with Gasteiger partial charge < -0.3 is 0 Å². The Hall–Kier alpha value is -2.27. The lowest BCUT2D eigenvalue weighted by Crippen LogP contribution is -1.81. The number of benzene rings is 3. The molecule has 0 fully saturated rings. The van der Waals surface area contributed by atoms with Crippen LogP contribution in [0.5, 0.6) is 0 Å². The van der Waals surface area contributed by atoms with E-state index in [1.54, 1.807) is 0 Å². The lowest BCUT2D eigenvalue weighted by molar-refractivity contribution is 1.45. The van der Waals surface area contributed by atoms with E-state index in [4.69, 9.17) is 0 Å². The molecule has 0 aliphatic heterocycles. The van der Waals surface area contributed by atoms with Crippen molar-refractivity contribution < 1.29 is 0 Å². The van der Waals surface area contributed by atoms with E-state index in [1.165, 1.54) is 0 Å². The third-order valence-electron chi connectivity index (χ3n) is 3.25. The van der Waals surface area contributed by atoms with Gasteiger partial charge in [0.2, 0.25) is 0 Å². The SMILES string of the molecule is Ic1cc(N=Cc2ccccc2)ccc1N=Cc1ccccc1. The van der Waals surface area contributed by atoms with Crippen molar-refractivity contribution >= 4 is 46.4 Å². The Morgan fingerprint density at radius 2 is 1.22 bits per heavy atom. The molecule has 2 nitrogen and oxygen atoms in total. The molecule has 23 heavy (non-hydrogen) atoms. The second-order valence-corrected chi connectivity index (χ2v) is 6.14. The summed E-state index contributed by atoms with van der Waals surface area (Å²) in [6, 6.07) is 26.2. The summed E-state index contributed by atoms with van der Waals surface area (Å²) >= 11 is 2.30. The molecule has 0 heterocycles. The van der Waals surface area contributed by atoms with Gasteiger partial charge in [-0.3, -0.25) is 9.98 Å². The summed E-state index contributed by atoms with van der Waals surface area (Å²) in [5, 5.41) is 0. The number of hydrogen-bond donors (Lipinski definition) is 0. The number of aliphatic imine (C=N–C) groups is 2. The highest BCUT2D eigenvalue weighted by Gasteiger charge is 1.99. The molecule has 0 atom stereocenters. The summed E-state index contributed by atoms with van der Waals surface area (Å²) in [5.74, 6) is 0. The van der Waals surface area contributed by atoms with Crippen LogP contribution in [0.15, 0.2) is 88.8 Å². The minimum absolute atomic E-state index is 0.928. The average Bonchev–Trinajstić information content (AvgIpc) is 2.61. The molecule has 3 heteroatoms. The molecule has 0 unspecified atom stereocenters. The summed E-state index contributed by atoms with van der Waals surface area (Å²) in [6.07, 6.45) is 3.75. The summed E-state index contributed by atoms with van der Waals surface area (Å²) in [6.45, 7) is 0. The van der Waals surface area contributed by atoms with E-state index in [0.29, 0.717) is 0 Å². The molecular formula is C20H15IN2. The van der Waals surface area contributed by atoms with Gasteiger partial charge in [0, 0.05) is 16.0 Å². The lowest BCUT2D eigenvalue weighted by atomic mass is 10.2. The first-order valence-corrected chi connectivity index (χ1v) is 8.37. The van der Waals surface area contributed by atoms with Crippen LogP contribution in [0.4, 0.5) is 11.4 Å². The van der Waals surface area contributed by atoms with Crippen molar-refractivity contribution in [3.05, 3.63) is 93.6 Å². The van der Waals surface area contributed by atoms with Crippen LogP contribution in [0.1, 0.15) is 11.1 Å². The van der Waals surface area contributed by atoms with Crippen molar-refractivity contribution in [1.82, 2.24) is 0 Å². The minimum Gasteiger partial charge on any atom is -0.256 e. The maximum absolute atomic E-state index is 4.55. The smallest absolute Gasteiger partial charge is 0.0764 e. The van der Waals surface area contributed by atoms with Crippen LogP contribution in [0.25, 0.3) is 0 Å². The molecule has 0 saturated carbocycles. The van der Waals surface area contributed by atoms with E-state index in [2.05, 4.69) is 32.6 Å². The van der Waals surface area contributed by atoms with Gasteiger partial charge in [0.15, 0.2) is 0 Å². The molecule has 0 aliphatic carbocycles. The Labute approximate surface area is 149 Å². The molecule has 0 saturated heterocycles. The predicted octanol–water partition coefficient (Wildman–Crippen LogP) is 5.79. The normalized spacial score (nSPS) is 11.3. The largest absolute Gasteiger partial charge is 0.256 e. The predicted molar refractivity (Wildman–Crippen MR) is 107 cm³/mol. The van der Waals surface area contributed by atoms with Crippen molar-refractivity contribution in [2.45, 2.75) is 0 Å². The fourth-order valence-corrected chi connectivity index (χ4v) is 2.69. The van der Waals surface area contributed by atoms with Gasteiger partial charge >= 0.3 is 0 Å². The first-order chi connectivity index (χ1) is 11.3. The second kappa shape index (κ2) is 7.83. The monoisotopic (exact) mass is 410 g/mol. The Morgan fingerprint density at radius 1 is 0.652 bits per heavy atom. The third kappa shape index (κ3) is 4.60. The molecule has 112 valence electrons. The van der Waals surface area contributed by atoms with Crippen LogP contribution < -0.4 is 0 Å². The average molecular weight is 410 g/mol. The number of hydrogen-bond acceptors (Lipinski definition) is 2. The Morgan fingerprint density at radius 3 is 1.78 bits per heavy atom. The minimum atomic E-state index is 0.928. The molecular weight excluding hydrogens is 395 g/mol. The molecule has 3 rings (SSSR count). The van der Waals surface area contributed by atoms with Crippen LogP contribution in [0.3, 0.4) is 0 Å². The first kappa shape index (κ1) is 15.6. The van der Waals surface area contributed by atoms with Crippen LogP contribution in [0.2, 0.25) is 0 Å². The molecule has 3 aromatic rings. The van der Waals surface area contributed by atoms with Crippen LogP contribution in [0, 0.1) is 3.57 Å². The zero-order valence-electron chi connectivity index (χ0n) is 12.4. The molecule has 3 aromatic carbocycles. The van der Waals surface area contributed by atoms with E-state index >= 15 is 0 Å². The highest BCUT2D eigenvalue weighted by Crippen LogP contribution is 2.26. The maximum Gasteiger partial charge on any atom is 0.0764 e. The van der Waals surface area contributed by atoms with Gasteiger partial charge in [-0.25, -0.2) is 0 Å². The van der Waals surface area contributed by atoms with Crippen molar-refractivity contribution in [3.8, 4) is 0 Å². The maximum atomic E-state index is 4.55. The van der Waals surface area contributed by atoms with E-state index in [-0.39, 0.29) is 0 Å². The van der Waals surface area contributed by atoms with Crippen molar-refractivity contribution in [2.24, 2.45) is 9.98 Å². The van der Waals surface area contributed by atoms with Gasteiger partial charge in [-0.05, 0) is 51.9 Å². The summed E-state index contributed by atoms with van der Waals surface area (Å²) < 4.78 is 1.08. The topological polar surface area (TPSA) is 24.7 Å². The molecule has 0 spiro atoms. The lowest BCUT2D eigenvalue weighted by Gasteiger charge is -2.00. The number of rotatable bonds is 4. The van der Waals surface area contributed by atoms with Crippen LogP contribution in [-0.2, 0) is 0 Å². The summed E-state index contributed by atoms with van der Waals surface area (Å²) in [4.78, 5) is 9.07. The number of nitrogens with zero attached hydrogens (tertiary/aromatic N) is 2. The molecule has 0 aromatic heterocycles. The van der Waals surface area contributed by atoms with Crippen molar-refractivity contribution in [2.75, 3.05) is 0 Å². The second-order valence-electron chi connectivity index (χ2n) is 4.97. The van der Waals surface area contributed by atoms with E-state index in [1.807, 2.05) is 91.3 Å². The first-order valence-electron chi connectivity index (χ1n) is 7.29. The van der Waals surface area contributed by atoms with E-state index in [9.17, 15) is 0 Å². The quantitative estimate of drug-likeness (QED) is 0.384. The number of halogens is 1. The van der Waals surface area contributed by atoms with Crippen molar-refractivity contribution in [1.29, 1.82) is 0 Å². The highest BCUT2D eigenvalue weighted by atomic mass is 127. The van der Waals surface area contributed by atoms with Gasteiger partial charge in [-0.15, -0.1) is 0 Å². The van der Waals surface area contributed by atoms with Gasteiger partial charge in [-0.1, -0.05) is 60.7 Å². The Bertz CT molecular complexity index is 825. The van der Waals surface area contributed by atoms with Crippen LogP contribution in [-0.4, -0.2) is 12.4 Å². The van der Waals surface area contributed by atoms with Gasteiger partial charge in [-0.2, -0.15) is 0 Å². The van der Waals surface area contributed by atoms with Gasteiger partial charge in [0.05, 0.1) is 11.4 Å². The van der Waals surface area contributed by atoms with Crippen molar-refractivity contribution in [3.63, 3.8) is 0 Å². The van der Waals surface area contributed by atoms with E-state index < -0.39 is 0 Å². The van der Waals surface area contributed by atoms with Gasteiger partial charge in [0.1, 0.15) is 0 Å². The summed E-state index contributed by atoms with van der Waals surface area (Å²) in [5.41, 5.74) is 4.06. The van der Waals surface area contributed by atoms with Crippen LogP contribution >= 0.6 is 22.6 Å². The zero-order valence-corrected chi connectivity index (χ0v) is 14.6. The standard InChI is InChI=1S/C20H15IN2/c21-19-13-18(22-14-16-7-3-1-4-8-16)11-12-20(19)23-15-17-9-5-2-6-10-17/h1-15H. The molecule has 0 amide bonds. The third-order valence-corrected chi connectivity index (χ3v) is 4.11. The highest BCUT2D eigenvalue weighted by molar-refractivity contribution is 14.1. The molecule has 0 bridgehead atoms. The summed E-state index contributed by atoms with van der Waals surface area (Å²) in [7, 11) is 0. The van der Waals surface area contributed by atoms with Gasteiger partial charge in [0.25, 0.3) is 0 Å². The molecule has 0 aliphatic rings.